The van der Waals surface area contributed by atoms with E-state index in [1.54, 1.807) is 0 Å². The minimum absolute atomic E-state index is 0.0967. The van der Waals surface area contributed by atoms with Gasteiger partial charge in [0.2, 0.25) is 0 Å². The van der Waals surface area contributed by atoms with Crippen LogP contribution in [0.2, 0.25) is 0 Å². The predicted molar refractivity (Wildman–Crippen MR) is 104 cm³/mol. The molecule has 0 heterocycles. The number of hydrogen-bond donors (Lipinski definition) is 2. The Morgan fingerprint density at radius 3 is 2.52 bits per heavy atom. The topological polar surface area (TPSA) is 24.1 Å². The van der Waals surface area contributed by atoms with Crippen LogP contribution in [0.15, 0.2) is 36.4 Å². The zero-order chi connectivity index (χ0) is 20.0. The first kappa shape index (κ1) is 21.2. The lowest BCUT2D eigenvalue weighted by Crippen LogP contribution is -2.28. The van der Waals surface area contributed by atoms with Crippen LogP contribution in [0, 0.1) is 12.7 Å². The summed E-state index contributed by atoms with van der Waals surface area (Å²) in [5.41, 5.74) is 1.68. The summed E-state index contributed by atoms with van der Waals surface area (Å²) in [6.07, 6.45) is -1.47. The number of thiocarbonyl (C=S) groups is 1. The van der Waals surface area contributed by atoms with Gasteiger partial charge in [-0.3, -0.25) is 0 Å². The number of benzene rings is 2. The maximum absolute atomic E-state index is 14.0. The molecule has 2 rings (SSSR count). The average molecular weight is 398 g/mol. The van der Waals surface area contributed by atoms with Crippen LogP contribution in [0.5, 0.6) is 0 Å². The third-order valence-electron chi connectivity index (χ3n) is 4.18. The summed E-state index contributed by atoms with van der Waals surface area (Å²) in [5, 5.41) is 5.98. The normalized spacial score (nSPS) is 11.3. The fourth-order valence-electron chi connectivity index (χ4n) is 2.68. The molecule has 0 fully saturated rings. The highest BCUT2D eigenvalue weighted by molar-refractivity contribution is 7.80. The molecule has 0 saturated heterocycles. The second kappa shape index (κ2) is 9.17. The molecule has 0 radical (unpaired) electrons. The van der Waals surface area contributed by atoms with Gasteiger partial charge in [0.25, 0.3) is 0 Å². The van der Waals surface area contributed by atoms with Gasteiger partial charge in [-0.2, -0.15) is 13.2 Å². The summed E-state index contributed by atoms with van der Waals surface area (Å²) < 4.78 is 52.3. The lowest BCUT2D eigenvalue weighted by Gasteiger charge is -2.15. The number of anilines is 1. The molecule has 0 aromatic heterocycles. The number of rotatable bonds is 6. The van der Waals surface area contributed by atoms with Crippen molar-refractivity contribution in [1.29, 1.82) is 0 Å². The molecule has 7 heteroatoms. The molecule has 0 bridgehead atoms. The monoisotopic (exact) mass is 398 g/mol. The molecule has 0 amide bonds. The van der Waals surface area contributed by atoms with E-state index in [0.29, 0.717) is 0 Å². The number of unbranched alkanes of at least 4 members (excludes halogenated alkanes) is 1. The van der Waals surface area contributed by atoms with Gasteiger partial charge in [-0.25, -0.2) is 4.39 Å². The molecular formula is C20H22F4N2S. The van der Waals surface area contributed by atoms with Crippen molar-refractivity contribution in [3.8, 4) is 0 Å². The zero-order valence-corrected chi connectivity index (χ0v) is 16.0. The molecule has 27 heavy (non-hydrogen) atoms. The Kier molecular flexibility index (Phi) is 7.18. The van der Waals surface area contributed by atoms with Gasteiger partial charge in [0, 0.05) is 17.8 Å². The molecule has 0 atom stereocenters. The van der Waals surface area contributed by atoms with Crippen molar-refractivity contribution in [2.24, 2.45) is 0 Å². The van der Waals surface area contributed by atoms with Crippen LogP contribution in [0.1, 0.15) is 42.0 Å². The second-order valence-electron chi connectivity index (χ2n) is 6.34. The average Bonchev–Trinajstić information content (AvgIpc) is 2.60. The van der Waals surface area contributed by atoms with E-state index in [9.17, 15) is 17.6 Å². The highest BCUT2D eigenvalue weighted by Crippen LogP contribution is 2.32. The van der Waals surface area contributed by atoms with E-state index in [1.807, 2.05) is 19.1 Å². The molecule has 2 aromatic rings. The van der Waals surface area contributed by atoms with Crippen LogP contribution in [0.3, 0.4) is 0 Å². The lowest BCUT2D eigenvalue weighted by molar-refractivity contribution is -0.140. The van der Waals surface area contributed by atoms with Crippen molar-refractivity contribution in [2.75, 3.05) is 5.32 Å². The summed E-state index contributed by atoms with van der Waals surface area (Å²) in [4.78, 5) is 0. The molecule has 0 unspecified atom stereocenters. The molecule has 2 nitrogen and oxygen atoms in total. The van der Waals surface area contributed by atoms with E-state index in [0.717, 1.165) is 36.6 Å². The van der Waals surface area contributed by atoms with Crippen molar-refractivity contribution in [3.05, 3.63) is 64.5 Å². The van der Waals surface area contributed by atoms with Crippen molar-refractivity contribution in [3.63, 3.8) is 0 Å². The van der Waals surface area contributed by atoms with Gasteiger partial charge in [-0.1, -0.05) is 37.6 Å². The van der Waals surface area contributed by atoms with Gasteiger partial charge in [0.15, 0.2) is 5.11 Å². The van der Waals surface area contributed by atoms with E-state index < -0.39 is 17.6 Å². The van der Waals surface area contributed by atoms with Gasteiger partial charge in [0.05, 0.1) is 5.56 Å². The van der Waals surface area contributed by atoms with Crippen LogP contribution >= 0.6 is 12.2 Å². The Labute approximate surface area is 162 Å². The molecule has 146 valence electrons. The first-order valence-electron chi connectivity index (χ1n) is 8.71. The van der Waals surface area contributed by atoms with Gasteiger partial charge in [-0.05, 0) is 55.2 Å². The van der Waals surface area contributed by atoms with Crippen LogP contribution in [0.4, 0.5) is 23.2 Å². The van der Waals surface area contributed by atoms with E-state index in [4.69, 9.17) is 12.2 Å². The van der Waals surface area contributed by atoms with E-state index >= 15 is 0 Å². The Morgan fingerprint density at radius 2 is 1.89 bits per heavy atom. The van der Waals surface area contributed by atoms with Crippen LogP contribution < -0.4 is 10.6 Å². The number of hydrogen-bond acceptors (Lipinski definition) is 1. The number of aryl methyl sites for hydroxylation is 2. The summed E-state index contributed by atoms with van der Waals surface area (Å²) in [7, 11) is 0. The van der Waals surface area contributed by atoms with Crippen molar-refractivity contribution < 1.29 is 17.6 Å². The number of nitrogens with one attached hydrogen (secondary N) is 2. The smallest absolute Gasteiger partial charge is 0.358 e. The third-order valence-corrected chi connectivity index (χ3v) is 4.43. The largest absolute Gasteiger partial charge is 0.419 e. The third kappa shape index (κ3) is 5.92. The highest BCUT2D eigenvalue weighted by Gasteiger charge is 2.34. The number of halogens is 4. The van der Waals surface area contributed by atoms with E-state index in [-0.39, 0.29) is 17.2 Å². The summed E-state index contributed by atoms with van der Waals surface area (Å²) in [5.74, 6) is -1.28. The molecule has 2 aromatic carbocycles. The molecule has 0 aliphatic carbocycles. The van der Waals surface area contributed by atoms with Gasteiger partial charge in [-0.15, -0.1) is 0 Å². The predicted octanol–water partition coefficient (Wildman–Crippen LogP) is 5.98. The maximum Gasteiger partial charge on any atom is 0.419 e. The Morgan fingerprint density at radius 1 is 1.15 bits per heavy atom. The minimum Gasteiger partial charge on any atom is -0.358 e. The fraction of sp³-hybridized carbons (Fsp3) is 0.350. The summed E-state index contributed by atoms with van der Waals surface area (Å²) >= 11 is 5.18. The molecular weight excluding hydrogens is 376 g/mol. The fourth-order valence-corrected chi connectivity index (χ4v) is 2.86. The van der Waals surface area contributed by atoms with Crippen LogP contribution in [-0.4, -0.2) is 5.11 Å². The van der Waals surface area contributed by atoms with Crippen molar-refractivity contribution in [2.45, 2.75) is 45.8 Å². The highest BCUT2D eigenvalue weighted by atomic mass is 32.1. The molecule has 2 N–H and O–H groups in total. The summed E-state index contributed by atoms with van der Waals surface area (Å²) in [6, 6.07) is 9.21. The quantitative estimate of drug-likeness (QED) is 0.462. The van der Waals surface area contributed by atoms with Crippen molar-refractivity contribution in [1.82, 2.24) is 5.32 Å². The first-order chi connectivity index (χ1) is 12.7. The Bertz CT molecular complexity index is 803. The molecule has 0 aliphatic heterocycles. The van der Waals surface area contributed by atoms with Gasteiger partial charge in [0.1, 0.15) is 5.82 Å². The second-order valence-corrected chi connectivity index (χ2v) is 6.75. The maximum atomic E-state index is 14.0. The zero-order valence-electron chi connectivity index (χ0n) is 15.2. The standard InChI is InChI=1S/C20H22F4N2S/c1-3-4-6-14-9-10-17(13(2)11-14)26-19(27)25-12-15-7-5-8-16(18(15)21)20(22,23)24/h5,7-11H,3-4,6,12H2,1-2H3,(H2,25,26,27). The lowest BCUT2D eigenvalue weighted by atomic mass is 10.0. The Balaban J connectivity index is 1.99. The van der Waals surface area contributed by atoms with Crippen molar-refractivity contribution >= 4 is 23.0 Å². The number of alkyl halides is 3. The van der Waals surface area contributed by atoms with Crippen LogP contribution in [-0.2, 0) is 19.1 Å². The summed E-state index contributed by atoms with van der Waals surface area (Å²) in [6.45, 7) is 3.95. The van der Waals surface area contributed by atoms with Gasteiger partial charge < -0.3 is 10.6 Å². The minimum atomic E-state index is -4.73. The van der Waals surface area contributed by atoms with E-state index in [2.05, 4.69) is 23.6 Å². The SMILES string of the molecule is CCCCc1ccc(NC(=S)NCc2cccc(C(F)(F)F)c2F)c(C)c1. The molecule has 0 saturated carbocycles. The van der Waals surface area contributed by atoms with Crippen LogP contribution in [0.25, 0.3) is 0 Å². The Hall–Kier alpha value is -2.15. The molecule has 0 spiro atoms. The van der Waals surface area contributed by atoms with Gasteiger partial charge >= 0.3 is 6.18 Å². The van der Waals surface area contributed by atoms with E-state index in [1.165, 1.54) is 17.7 Å². The first-order valence-corrected chi connectivity index (χ1v) is 9.12. The molecule has 0 aliphatic rings.